The van der Waals surface area contributed by atoms with Gasteiger partial charge >= 0.3 is 0 Å². The average molecular weight is 610 g/mol. The third-order valence-corrected chi connectivity index (χ3v) is 10.3. The minimum Gasteiger partial charge on any atom is -0.280 e. The standard InChI is InChI=1S/C45H27N3/c1-2-14-32-28(11-1)23-26-42-44(32)46-45-47(40-21-7-5-17-35(40)36-18-6-8-22-41(36)48(42)45)30-13-9-12-29(27-30)31-24-25-39-34-16-4-3-15-33(34)38-20-10-19-37(31)43(38)39/h1-27H. The molecule has 2 heterocycles. The van der Waals surface area contributed by atoms with Gasteiger partial charge in [0.1, 0.15) is 0 Å². The van der Waals surface area contributed by atoms with Crippen molar-refractivity contribution >= 4 is 49.9 Å². The lowest BCUT2D eigenvalue weighted by atomic mass is 9.94. The van der Waals surface area contributed by atoms with E-state index in [2.05, 4.69) is 173 Å². The predicted molar refractivity (Wildman–Crippen MR) is 200 cm³/mol. The first-order valence-electron chi connectivity index (χ1n) is 16.5. The minimum absolute atomic E-state index is 0.881. The summed E-state index contributed by atoms with van der Waals surface area (Å²) in [5.74, 6) is 0.881. The monoisotopic (exact) mass is 609 g/mol. The molecule has 3 heteroatoms. The van der Waals surface area contributed by atoms with Crippen LogP contribution < -0.4 is 4.90 Å². The summed E-state index contributed by atoms with van der Waals surface area (Å²) in [7, 11) is 0. The summed E-state index contributed by atoms with van der Waals surface area (Å²) >= 11 is 0. The molecule has 0 N–H and O–H groups in total. The molecule has 0 saturated heterocycles. The fourth-order valence-corrected chi connectivity index (χ4v) is 8.21. The number of hydrogen-bond acceptors (Lipinski definition) is 2. The van der Waals surface area contributed by atoms with Crippen molar-refractivity contribution in [3.05, 3.63) is 164 Å². The highest BCUT2D eigenvalue weighted by molar-refractivity contribution is 6.18. The SMILES string of the molecule is c1cc(-c2ccc3c4c(cccc24)-c2ccccc2-3)cc(N2c3ccccc3-c3ccccc3-n3c2nc2c4ccccc4ccc23)c1. The number of hydrogen-bond donors (Lipinski definition) is 0. The molecule has 0 saturated carbocycles. The van der Waals surface area contributed by atoms with E-state index in [1.165, 1.54) is 60.7 Å². The first-order chi connectivity index (χ1) is 23.8. The van der Waals surface area contributed by atoms with Gasteiger partial charge in [-0.3, -0.25) is 9.47 Å². The number of anilines is 3. The highest BCUT2D eigenvalue weighted by Gasteiger charge is 2.30. The third kappa shape index (κ3) is 3.40. The van der Waals surface area contributed by atoms with Gasteiger partial charge in [-0.1, -0.05) is 133 Å². The number of para-hydroxylation sites is 2. The van der Waals surface area contributed by atoms with Crippen LogP contribution in [0.15, 0.2) is 164 Å². The Morgan fingerprint density at radius 2 is 1.04 bits per heavy atom. The Balaban J connectivity index is 1.18. The van der Waals surface area contributed by atoms with Crippen molar-refractivity contribution in [2.45, 2.75) is 0 Å². The smallest absolute Gasteiger partial charge is 0.220 e. The molecule has 48 heavy (non-hydrogen) atoms. The molecule has 2 aliphatic rings. The molecule has 3 nitrogen and oxygen atoms in total. The topological polar surface area (TPSA) is 21.1 Å². The number of rotatable bonds is 2. The average Bonchev–Trinajstić information content (AvgIpc) is 3.66. The summed E-state index contributed by atoms with van der Waals surface area (Å²) in [6.45, 7) is 0. The van der Waals surface area contributed by atoms with E-state index in [-0.39, 0.29) is 0 Å². The number of aromatic nitrogens is 2. The van der Waals surface area contributed by atoms with Crippen LogP contribution in [0.25, 0.3) is 82.8 Å². The van der Waals surface area contributed by atoms with Crippen LogP contribution in [0.3, 0.4) is 0 Å². The molecule has 1 aliphatic carbocycles. The van der Waals surface area contributed by atoms with Crippen LogP contribution in [0.2, 0.25) is 0 Å². The van der Waals surface area contributed by atoms with Crippen LogP contribution in [0.4, 0.5) is 17.3 Å². The second kappa shape index (κ2) is 9.54. The normalized spacial score (nSPS) is 12.5. The van der Waals surface area contributed by atoms with Gasteiger partial charge in [-0.2, -0.15) is 0 Å². The largest absolute Gasteiger partial charge is 0.280 e. The van der Waals surface area contributed by atoms with E-state index >= 15 is 0 Å². The summed E-state index contributed by atoms with van der Waals surface area (Å²) in [5.41, 5.74) is 15.5. The van der Waals surface area contributed by atoms with Gasteiger partial charge in [-0.05, 0) is 79.9 Å². The van der Waals surface area contributed by atoms with Gasteiger partial charge in [0, 0.05) is 22.2 Å². The van der Waals surface area contributed by atoms with E-state index in [1.807, 2.05) is 0 Å². The van der Waals surface area contributed by atoms with Crippen LogP contribution in [0.1, 0.15) is 0 Å². The second-order valence-electron chi connectivity index (χ2n) is 12.8. The molecule has 11 rings (SSSR count). The highest BCUT2D eigenvalue weighted by atomic mass is 15.3. The first-order valence-corrected chi connectivity index (χ1v) is 16.5. The van der Waals surface area contributed by atoms with E-state index in [9.17, 15) is 0 Å². The Bertz CT molecular complexity index is 2780. The zero-order valence-corrected chi connectivity index (χ0v) is 25.9. The molecule has 8 aromatic carbocycles. The molecule has 0 spiro atoms. The summed E-state index contributed by atoms with van der Waals surface area (Å²) < 4.78 is 2.35. The van der Waals surface area contributed by atoms with Crippen molar-refractivity contribution in [2.75, 3.05) is 4.90 Å². The summed E-state index contributed by atoms with van der Waals surface area (Å²) in [5, 5.41) is 4.96. The molecule has 1 aromatic heterocycles. The molecular formula is C45H27N3. The molecule has 0 fully saturated rings. The van der Waals surface area contributed by atoms with Gasteiger partial charge in [-0.25, -0.2) is 4.98 Å². The molecule has 9 aromatic rings. The fourth-order valence-electron chi connectivity index (χ4n) is 8.21. The van der Waals surface area contributed by atoms with Gasteiger partial charge in [0.2, 0.25) is 5.95 Å². The van der Waals surface area contributed by atoms with Crippen molar-refractivity contribution in [3.63, 3.8) is 0 Å². The summed E-state index contributed by atoms with van der Waals surface area (Å²) in [6.07, 6.45) is 0. The lowest BCUT2D eigenvalue weighted by Crippen LogP contribution is -2.14. The molecule has 0 bridgehead atoms. The van der Waals surface area contributed by atoms with Crippen LogP contribution in [-0.2, 0) is 0 Å². The maximum Gasteiger partial charge on any atom is 0.220 e. The van der Waals surface area contributed by atoms with Gasteiger partial charge in [0.15, 0.2) is 0 Å². The van der Waals surface area contributed by atoms with Gasteiger partial charge in [-0.15, -0.1) is 0 Å². The maximum atomic E-state index is 5.49. The molecule has 0 radical (unpaired) electrons. The van der Waals surface area contributed by atoms with E-state index in [0.717, 1.165) is 39.4 Å². The van der Waals surface area contributed by atoms with Crippen molar-refractivity contribution in [2.24, 2.45) is 0 Å². The Labute approximate surface area is 277 Å². The van der Waals surface area contributed by atoms with Crippen molar-refractivity contribution in [3.8, 4) is 50.2 Å². The Morgan fingerprint density at radius 1 is 0.417 bits per heavy atom. The predicted octanol–water partition coefficient (Wildman–Crippen LogP) is 12.1. The summed E-state index contributed by atoms with van der Waals surface area (Å²) in [6, 6.07) is 59.5. The van der Waals surface area contributed by atoms with Gasteiger partial charge in [0.25, 0.3) is 0 Å². The first kappa shape index (κ1) is 25.7. The Kier molecular flexibility index (Phi) is 5.11. The molecule has 1 aliphatic heterocycles. The van der Waals surface area contributed by atoms with Crippen molar-refractivity contribution in [1.82, 2.24) is 9.55 Å². The Hall–Kier alpha value is -6.45. The number of imidazole rings is 1. The van der Waals surface area contributed by atoms with Crippen LogP contribution in [0.5, 0.6) is 0 Å². The molecular weight excluding hydrogens is 583 g/mol. The Morgan fingerprint density at radius 3 is 1.90 bits per heavy atom. The van der Waals surface area contributed by atoms with Gasteiger partial charge < -0.3 is 0 Å². The highest BCUT2D eigenvalue weighted by Crippen LogP contribution is 2.51. The van der Waals surface area contributed by atoms with Gasteiger partial charge in [0.05, 0.1) is 22.4 Å². The van der Waals surface area contributed by atoms with E-state index in [0.29, 0.717) is 0 Å². The summed E-state index contributed by atoms with van der Waals surface area (Å²) in [4.78, 5) is 7.84. The number of benzene rings is 8. The van der Waals surface area contributed by atoms with Crippen LogP contribution >= 0.6 is 0 Å². The lowest BCUT2D eigenvalue weighted by molar-refractivity contribution is 1.05. The zero-order chi connectivity index (χ0) is 31.3. The third-order valence-electron chi connectivity index (χ3n) is 10.3. The molecule has 0 amide bonds. The molecule has 0 atom stereocenters. The van der Waals surface area contributed by atoms with E-state index < -0.39 is 0 Å². The lowest BCUT2D eigenvalue weighted by Gasteiger charge is -2.25. The fraction of sp³-hybridized carbons (Fsp3) is 0. The van der Waals surface area contributed by atoms with Crippen molar-refractivity contribution < 1.29 is 0 Å². The van der Waals surface area contributed by atoms with E-state index in [1.54, 1.807) is 0 Å². The van der Waals surface area contributed by atoms with E-state index in [4.69, 9.17) is 4.98 Å². The van der Waals surface area contributed by atoms with Crippen LogP contribution in [0, 0.1) is 0 Å². The molecule has 222 valence electrons. The maximum absolute atomic E-state index is 5.49. The van der Waals surface area contributed by atoms with Crippen molar-refractivity contribution in [1.29, 1.82) is 0 Å². The molecule has 0 unspecified atom stereocenters. The number of nitrogens with zero attached hydrogens (tertiary/aromatic N) is 3. The zero-order valence-electron chi connectivity index (χ0n) is 25.9. The second-order valence-corrected chi connectivity index (χ2v) is 12.8. The quantitative estimate of drug-likeness (QED) is 0.194. The minimum atomic E-state index is 0.881. The number of fused-ring (bicyclic) bond motifs is 12. The van der Waals surface area contributed by atoms with Crippen LogP contribution in [-0.4, -0.2) is 9.55 Å².